The second-order valence-electron chi connectivity index (χ2n) is 6.74. The van der Waals surface area contributed by atoms with Crippen LogP contribution in [0.15, 0.2) is 41.5 Å². The van der Waals surface area contributed by atoms with Crippen molar-refractivity contribution in [3.05, 3.63) is 47.0 Å². The Bertz CT molecular complexity index is 679. The molecule has 0 N–H and O–H groups in total. The van der Waals surface area contributed by atoms with Crippen molar-refractivity contribution in [2.45, 2.75) is 33.1 Å². The van der Waals surface area contributed by atoms with Crippen molar-refractivity contribution in [3.63, 3.8) is 0 Å². The smallest absolute Gasteiger partial charge is 0.170 e. The molecule has 0 saturated heterocycles. The summed E-state index contributed by atoms with van der Waals surface area (Å²) in [4.78, 5) is 0. The Morgan fingerprint density at radius 2 is 1.60 bits per heavy atom. The van der Waals surface area contributed by atoms with Gasteiger partial charge >= 0.3 is 0 Å². The Balaban J connectivity index is 2.29. The fourth-order valence-electron chi connectivity index (χ4n) is 4.91. The van der Waals surface area contributed by atoms with Crippen molar-refractivity contribution in [3.8, 4) is 12.1 Å². The van der Waals surface area contributed by atoms with Crippen LogP contribution in [0.25, 0.3) is 0 Å². The van der Waals surface area contributed by atoms with Crippen LogP contribution < -0.4 is 0 Å². The summed E-state index contributed by atoms with van der Waals surface area (Å²) in [6.45, 7) is 8.41. The summed E-state index contributed by atoms with van der Waals surface area (Å²) in [5.41, 5.74) is 2.31. The molecule has 2 aliphatic carbocycles. The van der Waals surface area contributed by atoms with Crippen LogP contribution in [0.4, 0.5) is 0 Å². The number of nitrogens with zero attached hydrogens (tertiary/aromatic N) is 2. The molecule has 1 aromatic carbocycles. The lowest BCUT2D eigenvalue weighted by Gasteiger charge is -2.42. The van der Waals surface area contributed by atoms with Gasteiger partial charge in [0.1, 0.15) is 0 Å². The van der Waals surface area contributed by atoms with Gasteiger partial charge in [0.25, 0.3) is 0 Å². The molecule has 3 rings (SSSR count). The highest BCUT2D eigenvalue weighted by Gasteiger charge is 2.90. The maximum atomic E-state index is 9.64. The summed E-state index contributed by atoms with van der Waals surface area (Å²) in [5.74, 6) is 0.102. The molecule has 0 spiro atoms. The van der Waals surface area contributed by atoms with E-state index in [2.05, 4.69) is 38.1 Å². The molecule has 0 aliphatic heterocycles. The van der Waals surface area contributed by atoms with Crippen LogP contribution >= 0.6 is 0 Å². The van der Waals surface area contributed by atoms with Gasteiger partial charge in [-0.3, -0.25) is 0 Å². The molecule has 0 amide bonds. The van der Waals surface area contributed by atoms with Crippen LogP contribution in [-0.4, -0.2) is 0 Å². The van der Waals surface area contributed by atoms with Crippen LogP contribution in [-0.2, 0) is 5.41 Å². The molecule has 2 aliphatic rings. The van der Waals surface area contributed by atoms with E-state index in [4.69, 9.17) is 0 Å². The number of hydrogen-bond donors (Lipinski definition) is 0. The number of allylic oxidation sites excluding steroid dienone is 2. The van der Waals surface area contributed by atoms with E-state index in [-0.39, 0.29) is 16.7 Å². The molecule has 100 valence electrons. The number of nitriles is 2. The van der Waals surface area contributed by atoms with E-state index >= 15 is 0 Å². The third-order valence-electron chi connectivity index (χ3n) is 5.39. The van der Waals surface area contributed by atoms with E-state index in [1.54, 1.807) is 0 Å². The van der Waals surface area contributed by atoms with Crippen LogP contribution in [0.3, 0.4) is 0 Å². The first kappa shape index (κ1) is 12.9. The van der Waals surface area contributed by atoms with Gasteiger partial charge < -0.3 is 0 Å². The van der Waals surface area contributed by atoms with Crippen LogP contribution in [0.2, 0.25) is 0 Å². The standard InChI is InChI=1S/C18H18N2/c1-12(2)14-17(10-19,11-20)15-16(3,4)18(14,15)13-8-6-5-7-9-13/h5-9,15H,1-4H3. The molecule has 0 heterocycles. The molecule has 0 aromatic heterocycles. The zero-order valence-electron chi connectivity index (χ0n) is 12.4. The average molecular weight is 262 g/mol. The Hall–Kier alpha value is -2.06. The minimum absolute atomic E-state index is 0.0353. The predicted octanol–water partition coefficient (Wildman–Crippen LogP) is 3.96. The number of hydrogen-bond acceptors (Lipinski definition) is 2. The van der Waals surface area contributed by atoms with Crippen LogP contribution in [0.5, 0.6) is 0 Å². The highest BCUT2D eigenvalue weighted by Crippen LogP contribution is 2.89. The highest BCUT2D eigenvalue weighted by atomic mass is 14.9. The van der Waals surface area contributed by atoms with E-state index in [0.29, 0.717) is 0 Å². The topological polar surface area (TPSA) is 47.6 Å². The maximum Gasteiger partial charge on any atom is 0.170 e. The third-order valence-corrected chi connectivity index (χ3v) is 5.39. The molecule has 2 fully saturated rings. The van der Waals surface area contributed by atoms with E-state index < -0.39 is 5.41 Å². The first-order valence-corrected chi connectivity index (χ1v) is 6.97. The van der Waals surface area contributed by atoms with Gasteiger partial charge in [0, 0.05) is 11.3 Å². The van der Waals surface area contributed by atoms with Crippen molar-refractivity contribution >= 4 is 0 Å². The molecule has 2 heteroatoms. The number of rotatable bonds is 1. The highest BCUT2D eigenvalue weighted by molar-refractivity contribution is 5.70. The van der Waals surface area contributed by atoms with E-state index in [1.165, 1.54) is 5.56 Å². The number of benzene rings is 1. The van der Waals surface area contributed by atoms with E-state index in [0.717, 1.165) is 11.1 Å². The monoisotopic (exact) mass is 262 g/mol. The molecule has 0 bridgehead atoms. The van der Waals surface area contributed by atoms with E-state index in [1.807, 2.05) is 32.0 Å². The lowest BCUT2D eigenvalue weighted by atomic mass is 9.56. The second-order valence-corrected chi connectivity index (χ2v) is 6.74. The molecule has 2 atom stereocenters. The van der Waals surface area contributed by atoms with Gasteiger partial charge in [0.15, 0.2) is 5.41 Å². The van der Waals surface area contributed by atoms with Crippen molar-refractivity contribution < 1.29 is 0 Å². The van der Waals surface area contributed by atoms with Crippen molar-refractivity contribution in [1.29, 1.82) is 10.5 Å². The zero-order valence-corrected chi connectivity index (χ0v) is 12.4. The van der Waals surface area contributed by atoms with Gasteiger partial charge in [-0.2, -0.15) is 10.5 Å². The van der Waals surface area contributed by atoms with Crippen molar-refractivity contribution in [2.75, 3.05) is 0 Å². The Morgan fingerprint density at radius 1 is 1.05 bits per heavy atom. The fourth-order valence-corrected chi connectivity index (χ4v) is 4.91. The first-order chi connectivity index (χ1) is 9.41. The fraction of sp³-hybridized carbons (Fsp3) is 0.444. The predicted molar refractivity (Wildman–Crippen MR) is 77.4 cm³/mol. The largest absolute Gasteiger partial charge is 0.196 e. The van der Waals surface area contributed by atoms with Gasteiger partial charge in [0.2, 0.25) is 0 Å². The van der Waals surface area contributed by atoms with E-state index in [9.17, 15) is 10.5 Å². The second kappa shape index (κ2) is 3.53. The third kappa shape index (κ3) is 1.02. The summed E-state index contributed by atoms with van der Waals surface area (Å²) in [5, 5.41) is 19.3. The summed E-state index contributed by atoms with van der Waals surface area (Å²) in [7, 11) is 0. The molecule has 1 aromatic rings. The van der Waals surface area contributed by atoms with Crippen molar-refractivity contribution in [1.82, 2.24) is 0 Å². The van der Waals surface area contributed by atoms with Crippen LogP contribution in [0, 0.1) is 39.4 Å². The molecular weight excluding hydrogens is 244 g/mol. The summed E-state index contributed by atoms with van der Waals surface area (Å²) in [6.07, 6.45) is 0. The average Bonchev–Trinajstić information content (AvgIpc) is 2.84. The summed E-state index contributed by atoms with van der Waals surface area (Å²) in [6, 6.07) is 15.0. The Labute approximate surface area is 120 Å². The van der Waals surface area contributed by atoms with Gasteiger partial charge in [0.05, 0.1) is 12.1 Å². The Morgan fingerprint density at radius 3 is 2.05 bits per heavy atom. The maximum absolute atomic E-state index is 9.64. The molecule has 2 nitrogen and oxygen atoms in total. The van der Waals surface area contributed by atoms with Gasteiger partial charge in [-0.15, -0.1) is 0 Å². The lowest BCUT2D eigenvalue weighted by Crippen LogP contribution is -2.43. The minimum atomic E-state index is -0.932. The molecular formula is C18H18N2. The molecule has 0 radical (unpaired) electrons. The minimum Gasteiger partial charge on any atom is -0.196 e. The molecule has 2 unspecified atom stereocenters. The van der Waals surface area contributed by atoms with Crippen LogP contribution in [0.1, 0.15) is 33.3 Å². The van der Waals surface area contributed by atoms with Gasteiger partial charge in [-0.1, -0.05) is 49.8 Å². The molecule has 20 heavy (non-hydrogen) atoms. The number of fused-ring (bicyclic) bond motifs is 1. The lowest BCUT2D eigenvalue weighted by molar-refractivity contribution is 0.349. The summed E-state index contributed by atoms with van der Waals surface area (Å²) < 4.78 is 0. The van der Waals surface area contributed by atoms with Gasteiger partial charge in [-0.25, -0.2) is 0 Å². The first-order valence-electron chi connectivity index (χ1n) is 6.97. The normalized spacial score (nSPS) is 31.3. The van der Waals surface area contributed by atoms with Gasteiger partial charge in [-0.05, 0) is 30.4 Å². The quantitative estimate of drug-likeness (QED) is 0.719. The Kier molecular flexibility index (Phi) is 2.28. The zero-order chi connectivity index (χ0) is 14.8. The summed E-state index contributed by atoms with van der Waals surface area (Å²) >= 11 is 0. The SMILES string of the molecule is CC(C)=C1C(C#N)(C#N)C2C(C)(C)C12c1ccccc1. The molecule has 2 saturated carbocycles. The van der Waals surface area contributed by atoms with Crippen molar-refractivity contribution in [2.24, 2.45) is 16.7 Å².